The molecule has 0 radical (unpaired) electrons. The third kappa shape index (κ3) is 4.98. The molecule has 0 N–H and O–H groups in total. The molecule has 0 spiro atoms. The van der Waals surface area contributed by atoms with E-state index < -0.39 is 11.2 Å². The van der Waals surface area contributed by atoms with Crippen LogP contribution >= 0.6 is 11.6 Å². The molecule has 1 aromatic rings. The molecule has 15 heavy (non-hydrogen) atoms. The van der Waals surface area contributed by atoms with Gasteiger partial charge in [-0.3, -0.25) is 4.79 Å². The lowest BCUT2D eigenvalue weighted by atomic mass is 10.2. The van der Waals surface area contributed by atoms with E-state index in [9.17, 15) is 9.59 Å². The lowest BCUT2D eigenvalue weighted by molar-refractivity contribution is -0.139. The number of carbonyl (C=O) groups is 2. The number of ether oxygens (including phenoxy) is 1. The van der Waals surface area contributed by atoms with Crippen molar-refractivity contribution >= 4 is 22.8 Å². The second kappa shape index (κ2) is 5.98. The zero-order valence-corrected chi connectivity index (χ0v) is 8.61. The third-order valence-corrected chi connectivity index (χ3v) is 1.70. The molecule has 1 aromatic carbocycles. The highest BCUT2D eigenvalue weighted by molar-refractivity contribution is 6.66. The van der Waals surface area contributed by atoms with Gasteiger partial charge in [-0.2, -0.15) is 0 Å². The molecule has 1 rings (SSSR count). The van der Waals surface area contributed by atoms with Crippen molar-refractivity contribution in [3.63, 3.8) is 0 Å². The Kier molecular flexibility index (Phi) is 4.57. The fraction of sp³-hybridized carbons (Fsp3) is 0.0909. The predicted molar refractivity (Wildman–Crippen MR) is 56.2 cm³/mol. The Bertz CT molecular complexity index is 371. The molecule has 0 unspecified atom stereocenters. The highest BCUT2D eigenvalue weighted by Gasteiger charge is 1.98. The van der Waals surface area contributed by atoms with Gasteiger partial charge in [0.15, 0.2) is 0 Å². The van der Waals surface area contributed by atoms with Gasteiger partial charge >= 0.3 is 5.97 Å². The number of carbonyl (C=O) groups excluding carboxylic acids is 2. The number of allylic oxidation sites excluding steroid dienone is 1. The largest absolute Gasteiger partial charge is 0.458 e. The molecule has 0 aromatic heterocycles. The summed E-state index contributed by atoms with van der Waals surface area (Å²) in [4.78, 5) is 21.3. The second-order valence-electron chi connectivity index (χ2n) is 2.73. The molecular weight excluding hydrogens is 216 g/mol. The highest BCUT2D eigenvalue weighted by atomic mass is 35.5. The van der Waals surface area contributed by atoms with Gasteiger partial charge in [0.25, 0.3) is 0 Å². The Morgan fingerprint density at radius 2 is 1.87 bits per heavy atom. The van der Waals surface area contributed by atoms with Gasteiger partial charge in [0.1, 0.15) is 6.61 Å². The maximum Gasteiger partial charge on any atom is 0.331 e. The molecular formula is C11H9ClO3. The lowest BCUT2D eigenvalue weighted by Crippen LogP contribution is -2.01. The monoisotopic (exact) mass is 224 g/mol. The molecule has 0 aliphatic rings. The molecule has 0 bridgehead atoms. The summed E-state index contributed by atoms with van der Waals surface area (Å²) in [6, 6.07) is 9.24. The van der Waals surface area contributed by atoms with Gasteiger partial charge in [-0.25, -0.2) is 4.79 Å². The minimum Gasteiger partial charge on any atom is -0.458 e. The maximum absolute atomic E-state index is 11.0. The predicted octanol–water partition coefficient (Wildman–Crippen LogP) is 2.05. The van der Waals surface area contributed by atoms with Gasteiger partial charge < -0.3 is 4.74 Å². The van der Waals surface area contributed by atoms with E-state index in [1.54, 1.807) is 0 Å². The minimum absolute atomic E-state index is 0.181. The van der Waals surface area contributed by atoms with Crippen molar-refractivity contribution < 1.29 is 14.3 Å². The van der Waals surface area contributed by atoms with E-state index in [2.05, 4.69) is 0 Å². The van der Waals surface area contributed by atoms with Crippen molar-refractivity contribution in [2.75, 3.05) is 0 Å². The van der Waals surface area contributed by atoms with E-state index in [-0.39, 0.29) is 6.61 Å². The molecule has 0 saturated heterocycles. The Morgan fingerprint density at radius 1 is 1.20 bits per heavy atom. The van der Waals surface area contributed by atoms with Crippen LogP contribution in [0, 0.1) is 0 Å². The summed E-state index contributed by atoms with van der Waals surface area (Å²) in [5.41, 5.74) is 0.886. The van der Waals surface area contributed by atoms with E-state index >= 15 is 0 Å². The van der Waals surface area contributed by atoms with Crippen LogP contribution < -0.4 is 0 Å². The van der Waals surface area contributed by atoms with Gasteiger partial charge in [-0.15, -0.1) is 0 Å². The molecule has 0 aliphatic carbocycles. The average molecular weight is 225 g/mol. The SMILES string of the molecule is O=C(Cl)C=CC(=O)OCc1ccccc1. The second-order valence-corrected chi connectivity index (χ2v) is 3.10. The zero-order valence-electron chi connectivity index (χ0n) is 7.85. The topological polar surface area (TPSA) is 43.4 Å². The first-order valence-corrected chi connectivity index (χ1v) is 4.64. The lowest BCUT2D eigenvalue weighted by Gasteiger charge is -2.00. The van der Waals surface area contributed by atoms with Crippen molar-refractivity contribution in [1.82, 2.24) is 0 Å². The summed E-state index contributed by atoms with van der Waals surface area (Å²) in [6.07, 6.45) is 1.95. The van der Waals surface area contributed by atoms with Crippen molar-refractivity contribution in [3.8, 4) is 0 Å². The zero-order chi connectivity index (χ0) is 11.1. The van der Waals surface area contributed by atoms with Crippen LogP contribution in [0.1, 0.15) is 5.56 Å². The van der Waals surface area contributed by atoms with Crippen LogP contribution in [-0.4, -0.2) is 11.2 Å². The summed E-state index contributed by atoms with van der Waals surface area (Å²) >= 11 is 5.01. The number of esters is 1. The van der Waals surface area contributed by atoms with Gasteiger partial charge in [-0.05, 0) is 17.2 Å². The Balaban J connectivity index is 2.38. The van der Waals surface area contributed by atoms with Gasteiger partial charge in [-0.1, -0.05) is 30.3 Å². The van der Waals surface area contributed by atoms with Crippen LogP contribution in [0.4, 0.5) is 0 Å². The minimum atomic E-state index is -0.702. The number of benzene rings is 1. The summed E-state index contributed by atoms with van der Waals surface area (Å²) in [6.45, 7) is 0.181. The van der Waals surface area contributed by atoms with E-state index in [0.29, 0.717) is 0 Å². The van der Waals surface area contributed by atoms with Crippen molar-refractivity contribution in [2.24, 2.45) is 0 Å². The summed E-state index contributed by atoms with van der Waals surface area (Å²) < 4.78 is 4.84. The molecule has 0 atom stereocenters. The Morgan fingerprint density at radius 3 is 2.47 bits per heavy atom. The fourth-order valence-corrected chi connectivity index (χ4v) is 0.973. The molecule has 0 fully saturated rings. The first-order valence-electron chi connectivity index (χ1n) is 4.26. The van der Waals surface area contributed by atoms with Gasteiger partial charge in [0, 0.05) is 12.2 Å². The van der Waals surface area contributed by atoms with E-state index in [1.165, 1.54) is 0 Å². The molecule has 0 heterocycles. The van der Waals surface area contributed by atoms with E-state index in [1.807, 2.05) is 30.3 Å². The van der Waals surface area contributed by atoms with Crippen LogP contribution in [0.15, 0.2) is 42.5 Å². The fourth-order valence-electron chi connectivity index (χ4n) is 0.910. The summed E-state index contributed by atoms with van der Waals surface area (Å²) in [5, 5.41) is -0.702. The molecule has 0 saturated carbocycles. The molecule has 4 heteroatoms. The highest BCUT2D eigenvalue weighted by Crippen LogP contribution is 2.00. The van der Waals surface area contributed by atoms with Crippen LogP contribution in [0.3, 0.4) is 0 Å². The third-order valence-electron chi connectivity index (χ3n) is 1.57. The normalized spacial score (nSPS) is 10.2. The molecule has 78 valence electrons. The van der Waals surface area contributed by atoms with Crippen molar-refractivity contribution in [1.29, 1.82) is 0 Å². The average Bonchev–Trinajstić information content (AvgIpc) is 2.25. The maximum atomic E-state index is 11.0. The molecule has 0 aliphatic heterocycles. The van der Waals surface area contributed by atoms with Gasteiger partial charge in [0.2, 0.25) is 5.24 Å². The summed E-state index contributed by atoms with van der Waals surface area (Å²) in [5.74, 6) is -0.590. The van der Waals surface area contributed by atoms with Crippen LogP contribution in [-0.2, 0) is 20.9 Å². The van der Waals surface area contributed by atoms with Crippen molar-refractivity contribution in [3.05, 3.63) is 48.0 Å². The quantitative estimate of drug-likeness (QED) is 0.447. The van der Waals surface area contributed by atoms with E-state index in [4.69, 9.17) is 16.3 Å². The molecule has 3 nitrogen and oxygen atoms in total. The van der Waals surface area contributed by atoms with Crippen LogP contribution in [0.2, 0.25) is 0 Å². The molecule has 0 amide bonds. The Hall–Kier alpha value is -1.61. The van der Waals surface area contributed by atoms with Crippen LogP contribution in [0.25, 0.3) is 0 Å². The van der Waals surface area contributed by atoms with Gasteiger partial charge in [0.05, 0.1) is 0 Å². The number of hydrogen-bond donors (Lipinski definition) is 0. The number of rotatable bonds is 4. The number of hydrogen-bond acceptors (Lipinski definition) is 3. The standard InChI is InChI=1S/C11H9ClO3/c12-10(13)6-7-11(14)15-8-9-4-2-1-3-5-9/h1-7H,8H2. The first kappa shape index (κ1) is 11.5. The summed E-state index contributed by atoms with van der Waals surface area (Å²) in [7, 11) is 0. The van der Waals surface area contributed by atoms with E-state index in [0.717, 1.165) is 17.7 Å². The number of halogens is 1. The van der Waals surface area contributed by atoms with Crippen LogP contribution in [0.5, 0.6) is 0 Å². The first-order chi connectivity index (χ1) is 7.18. The van der Waals surface area contributed by atoms with Crippen molar-refractivity contribution in [2.45, 2.75) is 6.61 Å². The smallest absolute Gasteiger partial charge is 0.331 e. The Labute approximate surface area is 92.3 Å².